The number of azide groups is 1. The molecule has 0 radical (unpaired) electrons. The number of aryl methyl sites for hydroxylation is 1. The maximum absolute atomic E-state index is 8.34. The summed E-state index contributed by atoms with van der Waals surface area (Å²) in [5.74, 6) is 0. The summed E-state index contributed by atoms with van der Waals surface area (Å²) in [6, 6.07) is 11.9. The molecule has 0 amide bonds. The third kappa shape index (κ3) is 2.46. The molecule has 0 spiro atoms. The summed E-state index contributed by atoms with van der Waals surface area (Å²) in [7, 11) is 0. The van der Waals surface area contributed by atoms with Gasteiger partial charge in [0.2, 0.25) is 0 Å². The normalized spacial score (nSPS) is 9.94. The van der Waals surface area contributed by atoms with Crippen LogP contribution in [0.1, 0.15) is 12.6 Å². The monoisotopic (exact) mass is 227 g/mol. The van der Waals surface area contributed by atoms with E-state index in [2.05, 4.69) is 15.1 Å². The third-order valence-electron chi connectivity index (χ3n) is 2.53. The fourth-order valence-corrected chi connectivity index (χ4v) is 1.71. The Hall–Kier alpha value is -2.26. The Balaban J connectivity index is 2.37. The maximum Gasteiger partial charge on any atom is 0.0926 e. The quantitative estimate of drug-likeness (QED) is 0.448. The summed E-state index contributed by atoms with van der Waals surface area (Å²) in [5.41, 5.74) is 11.3. The average molecular weight is 227 g/mol. The van der Waals surface area contributed by atoms with Gasteiger partial charge in [-0.15, -0.1) is 0 Å². The second-order valence-corrected chi connectivity index (χ2v) is 3.59. The summed E-state index contributed by atoms with van der Waals surface area (Å²) < 4.78 is 1.86. The van der Waals surface area contributed by atoms with Crippen molar-refractivity contribution in [2.45, 2.75) is 20.0 Å². The molecule has 0 atom stereocenters. The Morgan fingerprint density at radius 3 is 2.76 bits per heavy atom. The van der Waals surface area contributed by atoms with Crippen LogP contribution in [0.3, 0.4) is 0 Å². The molecular weight excluding hydrogens is 214 g/mol. The molecule has 0 aliphatic heterocycles. The molecule has 2 rings (SSSR count). The molecule has 1 aromatic carbocycles. The van der Waals surface area contributed by atoms with Gasteiger partial charge in [-0.2, -0.15) is 5.10 Å². The maximum atomic E-state index is 8.34. The van der Waals surface area contributed by atoms with Gasteiger partial charge in [0.1, 0.15) is 0 Å². The van der Waals surface area contributed by atoms with Gasteiger partial charge in [-0.3, -0.25) is 4.68 Å². The number of nitrogens with zero attached hydrogens (tertiary/aromatic N) is 5. The molecule has 86 valence electrons. The molecule has 0 saturated heterocycles. The van der Waals surface area contributed by atoms with Crippen molar-refractivity contribution < 1.29 is 0 Å². The molecule has 5 nitrogen and oxygen atoms in total. The Morgan fingerprint density at radius 2 is 2.12 bits per heavy atom. The van der Waals surface area contributed by atoms with Gasteiger partial charge in [-0.25, -0.2) is 0 Å². The van der Waals surface area contributed by atoms with Gasteiger partial charge in [0.05, 0.1) is 12.2 Å². The van der Waals surface area contributed by atoms with Crippen molar-refractivity contribution in [2.24, 2.45) is 5.11 Å². The van der Waals surface area contributed by atoms with Crippen LogP contribution in [0.15, 0.2) is 41.5 Å². The first kappa shape index (κ1) is 11.2. The van der Waals surface area contributed by atoms with E-state index < -0.39 is 0 Å². The lowest BCUT2D eigenvalue weighted by Crippen LogP contribution is -2.01. The first-order valence-electron chi connectivity index (χ1n) is 5.48. The molecule has 2 aromatic rings. The number of hydrogen-bond donors (Lipinski definition) is 0. The summed E-state index contributed by atoms with van der Waals surface area (Å²) in [6.07, 6.45) is 0. The summed E-state index contributed by atoms with van der Waals surface area (Å²) in [5, 5.41) is 8.06. The van der Waals surface area contributed by atoms with Crippen LogP contribution >= 0.6 is 0 Å². The zero-order valence-corrected chi connectivity index (χ0v) is 9.61. The van der Waals surface area contributed by atoms with E-state index in [0.29, 0.717) is 6.54 Å². The summed E-state index contributed by atoms with van der Waals surface area (Å²) >= 11 is 0. The van der Waals surface area contributed by atoms with Crippen LogP contribution in [0.5, 0.6) is 0 Å². The topological polar surface area (TPSA) is 66.6 Å². The van der Waals surface area contributed by atoms with Crippen molar-refractivity contribution in [3.8, 4) is 11.3 Å². The van der Waals surface area contributed by atoms with E-state index in [4.69, 9.17) is 5.53 Å². The number of rotatable bonds is 4. The Bertz CT molecular complexity index is 537. The van der Waals surface area contributed by atoms with Crippen molar-refractivity contribution >= 4 is 0 Å². The first-order chi connectivity index (χ1) is 8.35. The van der Waals surface area contributed by atoms with Crippen LogP contribution in [0.4, 0.5) is 0 Å². The molecule has 0 N–H and O–H groups in total. The second kappa shape index (κ2) is 5.18. The summed E-state index contributed by atoms with van der Waals surface area (Å²) in [4.78, 5) is 2.77. The number of benzene rings is 1. The molecule has 0 unspecified atom stereocenters. The van der Waals surface area contributed by atoms with Crippen molar-refractivity contribution in [2.75, 3.05) is 0 Å². The van der Waals surface area contributed by atoms with Crippen LogP contribution in [0.2, 0.25) is 0 Å². The van der Waals surface area contributed by atoms with Gasteiger partial charge < -0.3 is 0 Å². The first-order valence-corrected chi connectivity index (χ1v) is 5.48. The average Bonchev–Trinajstić information content (AvgIpc) is 2.80. The highest BCUT2D eigenvalue weighted by atomic mass is 15.3. The highest BCUT2D eigenvalue weighted by molar-refractivity contribution is 5.59. The van der Waals surface area contributed by atoms with Crippen molar-refractivity contribution in [3.05, 3.63) is 52.5 Å². The number of hydrogen-bond acceptors (Lipinski definition) is 2. The molecule has 17 heavy (non-hydrogen) atoms. The van der Waals surface area contributed by atoms with Gasteiger partial charge in [-0.1, -0.05) is 35.4 Å². The highest BCUT2D eigenvalue weighted by Gasteiger charge is 2.07. The van der Waals surface area contributed by atoms with E-state index in [-0.39, 0.29) is 0 Å². The van der Waals surface area contributed by atoms with Crippen molar-refractivity contribution in [3.63, 3.8) is 0 Å². The molecule has 0 aliphatic rings. The van der Waals surface area contributed by atoms with E-state index in [1.807, 2.05) is 48.0 Å². The van der Waals surface area contributed by atoms with Crippen molar-refractivity contribution in [1.82, 2.24) is 9.78 Å². The Morgan fingerprint density at radius 1 is 1.35 bits per heavy atom. The zero-order chi connectivity index (χ0) is 12.1. The summed E-state index contributed by atoms with van der Waals surface area (Å²) in [6.45, 7) is 3.12. The van der Waals surface area contributed by atoms with Crippen LogP contribution in [-0.4, -0.2) is 9.78 Å². The Labute approximate surface area is 99.3 Å². The molecule has 0 fully saturated rings. The lowest BCUT2D eigenvalue weighted by atomic mass is 10.1. The molecule has 1 aromatic heterocycles. The minimum absolute atomic E-state index is 0.337. The van der Waals surface area contributed by atoms with E-state index in [0.717, 1.165) is 23.5 Å². The SMILES string of the molecule is CCn1nc(-c2ccccc2)cc1CN=[N+]=[N-]. The zero-order valence-electron chi connectivity index (χ0n) is 9.61. The van der Waals surface area contributed by atoms with Crippen LogP contribution < -0.4 is 0 Å². The molecule has 1 heterocycles. The van der Waals surface area contributed by atoms with Crippen LogP contribution in [0, 0.1) is 0 Å². The lowest BCUT2D eigenvalue weighted by Gasteiger charge is -1.99. The van der Waals surface area contributed by atoms with Gasteiger partial charge in [0.15, 0.2) is 0 Å². The van der Waals surface area contributed by atoms with Crippen LogP contribution in [-0.2, 0) is 13.1 Å². The number of aromatic nitrogens is 2. The standard InChI is InChI=1S/C12H13N5/c1-2-17-11(9-14-16-13)8-12(15-17)10-6-4-3-5-7-10/h3-8H,2,9H2,1H3. The molecule has 0 bridgehead atoms. The highest BCUT2D eigenvalue weighted by Crippen LogP contribution is 2.19. The minimum Gasteiger partial charge on any atom is -0.269 e. The largest absolute Gasteiger partial charge is 0.269 e. The predicted molar refractivity (Wildman–Crippen MR) is 66.2 cm³/mol. The van der Waals surface area contributed by atoms with Crippen LogP contribution in [0.25, 0.3) is 21.7 Å². The van der Waals surface area contributed by atoms with Gasteiger partial charge in [0.25, 0.3) is 0 Å². The van der Waals surface area contributed by atoms with E-state index in [1.165, 1.54) is 0 Å². The van der Waals surface area contributed by atoms with Gasteiger partial charge in [-0.05, 0) is 18.5 Å². The third-order valence-corrected chi connectivity index (χ3v) is 2.53. The predicted octanol–water partition coefficient (Wildman–Crippen LogP) is 3.38. The Kier molecular flexibility index (Phi) is 3.43. The van der Waals surface area contributed by atoms with E-state index in [1.54, 1.807) is 0 Å². The molecular formula is C12H13N5. The second-order valence-electron chi connectivity index (χ2n) is 3.59. The van der Waals surface area contributed by atoms with E-state index in [9.17, 15) is 0 Å². The minimum atomic E-state index is 0.337. The lowest BCUT2D eigenvalue weighted by molar-refractivity contribution is 0.624. The fourth-order valence-electron chi connectivity index (χ4n) is 1.71. The van der Waals surface area contributed by atoms with Gasteiger partial charge >= 0.3 is 0 Å². The van der Waals surface area contributed by atoms with E-state index >= 15 is 0 Å². The fraction of sp³-hybridized carbons (Fsp3) is 0.250. The smallest absolute Gasteiger partial charge is 0.0926 e. The molecule has 5 heteroatoms. The van der Waals surface area contributed by atoms with Crippen molar-refractivity contribution in [1.29, 1.82) is 0 Å². The molecule has 0 aliphatic carbocycles. The van der Waals surface area contributed by atoms with Gasteiger partial charge in [0, 0.05) is 22.7 Å². The molecule has 0 saturated carbocycles.